The van der Waals surface area contributed by atoms with E-state index in [0.29, 0.717) is 10.9 Å². The van der Waals surface area contributed by atoms with Crippen molar-refractivity contribution in [2.45, 2.75) is 0 Å². The van der Waals surface area contributed by atoms with Gasteiger partial charge in [0.05, 0.1) is 13.3 Å². The van der Waals surface area contributed by atoms with Crippen LogP contribution in [-0.2, 0) is 0 Å². The number of nitrogens with zero attached hydrogens (tertiary/aromatic N) is 3. The van der Waals surface area contributed by atoms with Gasteiger partial charge in [0.25, 0.3) is 5.88 Å². The fourth-order valence-corrected chi connectivity index (χ4v) is 0.543. The summed E-state index contributed by atoms with van der Waals surface area (Å²) < 4.78 is 4.70. The molecule has 0 radical (unpaired) electrons. The van der Waals surface area contributed by atoms with Crippen molar-refractivity contribution in [2.75, 3.05) is 7.11 Å². The Balaban J connectivity index is 3.01. The van der Waals surface area contributed by atoms with E-state index < -0.39 is 0 Å². The summed E-state index contributed by atoms with van der Waals surface area (Å²) in [6, 6.07) is 0. The highest BCUT2D eigenvalue weighted by Crippen LogP contribution is 2.16. The third-order valence-electron chi connectivity index (χ3n) is 0.756. The predicted molar refractivity (Wildman–Crippen MR) is 31.4 cm³/mol. The van der Waals surface area contributed by atoms with Crippen LogP contribution in [0.25, 0.3) is 0 Å². The summed E-state index contributed by atoms with van der Waals surface area (Å²) in [6.45, 7) is 0. The summed E-state index contributed by atoms with van der Waals surface area (Å²) in [4.78, 5) is 0. The lowest BCUT2D eigenvalue weighted by Crippen LogP contribution is -1.92. The molecule has 1 rings (SSSR count). The minimum Gasteiger partial charge on any atom is -0.479 e. The average Bonchev–Trinajstić information content (AvgIpc) is 1.89. The van der Waals surface area contributed by atoms with Gasteiger partial charge in [0, 0.05) is 0 Å². The highest BCUT2D eigenvalue weighted by atomic mass is 35.5. The van der Waals surface area contributed by atoms with E-state index >= 15 is 0 Å². The summed E-state index contributed by atoms with van der Waals surface area (Å²) in [7, 11) is 1.47. The summed E-state index contributed by atoms with van der Waals surface area (Å²) in [5.41, 5.74) is 0. The van der Waals surface area contributed by atoms with Gasteiger partial charge in [-0.15, -0.1) is 5.10 Å². The number of ether oxygens (including phenoxy) is 1. The molecule has 0 aromatic carbocycles. The van der Waals surface area contributed by atoms with Crippen molar-refractivity contribution in [3.63, 3.8) is 0 Å². The van der Waals surface area contributed by atoms with Crippen LogP contribution in [0.4, 0.5) is 0 Å². The van der Waals surface area contributed by atoms with Gasteiger partial charge in [-0.1, -0.05) is 16.7 Å². The first-order valence-corrected chi connectivity index (χ1v) is 2.60. The molecule has 1 aromatic rings. The first-order valence-electron chi connectivity index (χ1n) is 2.22. The van der Waals surface area contributed by atoms with Gasteiger partial charge in [0.15, 0.2) is 0 Å². The van der Waals surface area contributed by atoms with E-state index in [1.165, 1.54) is 13.3 Å². The van der Waals surface area contributed by atoms with Gasteiger partial charge in [0.2, 0.25) is 0 Å². The first kappa shape index (κ1) is 6.22. The van der Waals surface area contributed by atoms with E-state index in [0.717, 1.165) is 0 Å². The Labute approximate surface area is 56.8 Å². The standard InChI is InChI=1S/C4H4ClN3O/c1-9-4-3(5)2-6-8-7-4/h2H,1H3. The second-order valence-electron chi connectivity index (χ2n) is 1.29. The van der Waals surface area contributed by atoms with Crippen LogP contribution in [-0.4, -0.2) is 22.5 Å². The molecule has 1 aromatic heterocycles. The minimum absolute atomic E-state index is 0.298. The quantitative estimate of drug-likeness (QED) is 0.579. The van der Waals surface area contributed by atoms with Crippen LogP contribution < -0.4 is 4.74 Å². The van der Waals surface area contributed by atoms with Crippen LogP contribution >= 0.6 is 11.6 Å². The zero-order chi connectivity index (χ0) is 6.69. The normalized spacial score (nSPS) is 9.11. The van der Waals surface area contributed by atoms with Gasteiger partial charge in [-0.3, -0.25) is 0 Å². The van der Waals surface area contributed by atoms with Gasteiger partial charge < -0.3 is 4.74 Å². The Morgan fingerprint density at radius 3 is 2.89 bits per heavy atom. The minimum atomic E-state index is 0.298. The molecule has 48 valence electrons. The molecule has 0 amide bonds. The molecule has 0 N–H and O–H groups in total. The molecule has 0 fully saturated rings. The molecule has 0 saturated carbocycles. The molecule has 0 aliphatic carbocycles. The molecule has 0 aliphatic heterocycles. The summed E-state index contributed by atoms with van der Waals surface area (Å²) >= 11 is 5.53. The Bertz CT molecular complexity index is 205. The highest BCUT2D eigenvalue weighted by Gasteiger charge is 1.98. The Hall–Kier alpha value is -0.900. The second-order valence-corrected chi connectivity index (χ2v) is 1.70. The lowest BCUT2D eigenvalue weighted by molar-refractivity contribution is 0.389. The summed E-state index contributed by atoms with van der Waals surface area (Å²) in [5.74, 6) is 0.298. The van der Waals surface area contributed by atoms with Crippen LogP contribution in [0, 0.1) is 0 Å². The molecule has 0 saturated heterocycles. The fraction of sp³-hybridized carbons (Fsp3) is 0.250. The molecule has 9 heavy (non-hydrogen) atoms. The third kappa shape index (κ3) is 1.26. The molecule has 5 heteroatoms. The third-order valence-corrected chi connectivity index (χ3v) is 1.02. The van der Waals surface area contributed by atoms with E-state index in [1.807, 2.05) is 0 Å². The maximum atomic E-state index is 5.53. The van der Waals surface area contributed by atoms with Gasteiger partial charge in [-0.25, -0.2) is 0 Å². The van der Waals surface area contributed by atoms with E-state index in [1.54, 1.807) is 0 Å². The zero-order valence-electron chi connectivity index (χ0n) is 4.71. The summed E-state index contributed by atoms with van der Waals surface area (Å²) in [6.07, 6.45) is 1.37. The molecule has 0 aliphatic rings. The van der Waals surface area contributed by atoms with Crippen molar-refractivity contribution >= 4 is 11.6 Å². The van der Waals surface area contributed by atoms with Crippen LogP contribution in [0.2, 0.25) is 5.02 Å². The number of hydrogen-bond donors (Lipinski definition) is 0. The SMILES string of the molecule is COc1nnncc1Cl. The Kier molecular flexibility index (Phi) is 1.79. The van der Waals surface area contributed by atoms with E-state index in [-0.39, 0.29) is 0 Å². The molecule has 4 nitrogen and oxygen atoms in total. The monoisotopic (exact) mass is 145 g/mol. The molecule has 0 spiro atoms. The molecule has 0 atom stereocenters. The second kappa shape index (κ2) is 2.59. The smallest absolute Gasteiger partial charge is 0.255 e. The Morgan fingerprint density at radius 1 is 1.67 bits per heavy atom. The van der Waals surface area contributed by atoms with Crippen molar-refractivity contribution in [1.82, 2.24) is 15.4 Å². The van der Waals surface area contributed by atoms with Crippen molar-refractivity contribution in [3.05, 3.63) is 11.2 Å². The lowest BCUT2D eigenvalue weighted by atomic mass is 10.7. The fourth-order valence-electron chi connectivity index (χ4n) is 0.384. The van der Waals surface area contributed by atoms with Crippen LogP contribution in [0.15, 0.2) is 6.20 Å². The maximum Gasteiger partial charge on any atom is 0.255 e. The lowest BCUT2D eigenvalue weighted by Gasteiger charge is -1.94. The molecular formula is C4H4ClN3O. The maximum absolute atomic E-state index is 5.53. The van der Waals surface area contributed by atoms with Gasteiger partial charge in [0.1, 0.15) is 5.02 Å². The largest absolute Gasteiger partial charge is 0.479 e. The van der Waals surface area contributed by atoms with E-state index in [9.17, 15) is 0 Å². The van der Waals surface area contributed by atoms with Gasteiger partial charge >= 0.3 is 0 Å². The van der Waals surface area contributed by atoms with Gasteiger partial charge in [-0.2, -0.15) is 0 Å². The van der Waals surface area contributed by atoms with Crippen LogP contribution in [0.5, 0.6) is 5.88 Å². The van der Waals surface area contributed by atoms with Crippen molar-refractivity contribution < 1.29 is 4.74 Å². The Morgan fingerprint density at radius 2 is 2.44 bits per heavy atom. The molecule has 0 unspecified atom stereocenters. The van der Waals surface area contributed by atoms with Crippen LogP contribution in [0.1, 0.15) is 0 Å². The highest BCUT2D eigenvalue weighted by molar-refractivity contribution is 6.31. The average molecular weight is 146 g/mol. The number of methoxy groups -OCH3 is 1. The van der Waals surface area contributed by atoms with Crippen molar-refractivity contribution in [3.8, 4) is 5.88 Å². The van der Waals surface area contributed by atoms with Crippen LogP contribution in [0.3, 0.4) is 0 Å². The first-order chi connectivity index (χ1) is 4.34. The van der Waals surface area contributed by atoms with Crippen molar-refractivity contribution in [2.24, 2.45) is 0 Å². The molecule has 1 heterocycles. The van der Waals surface area contributed by atoms with Crippen molar-refractivity contribution in [1.29, 1.82) is 0 Å². The predicted octanol–water partition coefficient (Wildman–Crippen LogP) is 0.534. The summed E-state index contributed by atoms with van der Waals surface area (Å²) in [5, 5.41) is 10.6. The molecular weight excluding hydrogens is 142 g/mol. The number of aromatic nitrogens is 3. The zero-order valence-corrected chi connectivity index (χ0v) is 5.46. The van der Waals surface area contributed by atoms with Gasteiger partial charge in [-0.05, 0) is 5.21 Å². The number of hydrogen-bond acceptors (Lipinski definition) is 4. The topological polar surface area (TPSA) is 47.9 Å². The number of rotatable bonds is 1. The van der Waals surface area contributed by atoms with E-state index in [2.05, 4.69) is 15.4 Å². The van der Waals surface area contributed by atoms with E-state index in [4.69, 9.17) is 16.3 Å². The number of halogens is 1. The molecule has 0 bridgehead atoms.